The number of rotatable bonds is 8. The van der Waals surface area contributed by atoms with E-state index >= 15 is 0 Å². The van der Waals surface area contributed by atoms with Gasteiger partial charge in [0.2, 0.25) is 0 Å². The minimum atomic E-state index is -2.57. The van der Waals surface area contributed by atoms with Gasteiger partial charge in [-0.05, 0) is 19.6 Å². The molecule has 0 bridgehead atoms. The molecule has 0 aliphatic heterocycles. The highest BCUT2D eigenvalue weighted by molar-refractivity contribution is 7.98. The lowest BCUT2D eigenvalue weighted by atomic mass is 10.5. The molecule has 0 radical (unpaired) electrons. The molecule has 1 heterocycles. The van der Waals surface area contributed by atoms with Crippen molar-refractivity contribution < 1.29 is 18.1 Å². The van der Waals surface area contributed by atoms with Gasteiger partial charge in [-0.2, -0.15) is 4.68 Å². The molecule has 8 nitrogen and oxygen atoms in total. The maximum atomic E-state index is 12.0. The molecule has 120 valence electrons. The topological polar surface area (TPSA) is 87.5 Å². The van der Waals surface area contributed by atoms with Crippen LogP contribution in [0.4, 0.5) is 4.79 Å². The second-order valence-corrected chi connectivity index (χ2v) is 8.05. The minimum Gasteiger partial charge on any atom is -0.377 e. The maximum absolute atomic E-state index is 12.0. The average molecular weight is 334 g/mol. The van der Waals surface area contributed by atoms with Crippen LogP contribution in [0.3, 0.4) is 0 Å². The molecule has 0 aliphatic rings. The van der Waals surface area contributed by atoms with Crippen molar-refractivity contribution in [3.63, 3.8) is 0 Å². The summed E-state index contributed by atoms with van der Waals surface area (Å²) in [5.41, 5.74) is 0. The van der Waals surface area contributed by atoms with Crippen molar-refractivity contribution in [2.45, 2.75) is 24.5 Å². The van der Waals surface area contributed by atoms with Gasteiger partial charge in [0.1, 0.15) is 5.82 Å². The number of aryl methyl sites for hydroxylation is 1. The van der Waals surface area contributed by atoms with Gasteiger partial charge >= 0.3 is 14.8 Å². The Bertz CT molecular complexity index is 459. The smallest absolute Gasteiger partial charge is 0.377 e. The van der Waals surface area contributed by atoms with Crippen LogP contribution in [-0.2, 0) is 13.3 Å². The fraction of sp³-hybridized carbons (Fsp3) is 0.727. The second kappa shape index (κ2) is 8.49. The molecular formula is C11H22N4O4SSi. The Morgan fingerprint density at radius 1 is 1.33 bits per heavy atom. The van der Waals surface area contributed by atoms with Crippen LogP contribution in [0.25, 0.3) is 0 Å². The third-order valence-electron chi connectivity index (χ3n) is 2.93. The van der Waals surface area contributed by atoms with E-state index in [-0.39, 0.29) is 6.03 Å². The molecule has 0 aromatic carbocycles. The molecule has 1 amide bonds. The van der Waals surface area contributed by atoms with Crippen LogP contribution in [0.15, 0.2) is 5.16 Å². The summed E-state index contributed by atoms with van der Waals surface area (Å²) in [6.07, 6.45) is 2.54. The number of carbonyl (C=O) groups is 1. The van der Waals surface area contributed by atoms with E-state index < -0.39 is 8.80 Å². The van der Waals surface area contributed by atoms with E-state index in [9.17, 15) is 4.79 Å². The van der Waals surface area contributed by atoms with Gasteiger partial charge in [-0.3, -0.25) is 0 Å². The number of carbonyl (C=O) groups excluding carboxylic acids is 1. The first-order valence-electron chi connectivity index (χ1n) is 6.43. The van der Waals surface area contributed by atoms with E-state index in [4.69, 9.17) is 13.3 Å². The second-order valence-electron chi connectivity index (χ2n) is 4.19. The largest absolute Gasteiger partial charge is 0.500 e. The molecule has 1 N–H and O–H groups in total. The third-order valence-corrected chi connectivity index (χ3v) is 6.39. The monoisotopic (exact) mass is 334 g/mol. The van der Waals surface area contributed by atoms with E-state index in [1.807, 2.05) is 6.26 Å². The Kier molecular flexibility index (Phi) is 7.32. The normalized spacial score (nSPS) is 11.7. The summed E-state index contributed by atoms with van der Waals surface area (Å²) >= 11 is 1.37. The summed E-state index contributed by atoms with van der Waals surface area (Å²) in [6.45, 7) is 2.23. The van der Waals surface area contributed by atoms with Crippen molar-refractivity contribution in [2.24, 2.45) is 0 Å². The van der Waals surface area contributed by atoms with Gasteiger partial charge in [-0.1, -0.05) is 11.8 Å². The van der Waals surface area contributed by atoms with Gasteiger partial charge in [0.15, 0.2) is 5.16 Å². The van der Waals surface area contributed by atoms with Crippen LogP contribution in [0.2, 0.25) is 6.04 Å². The molecular weight excluding hydrogens is 312 g/mol. The number of nitrogens with one attached hydrogen (secondary N) is 1. The molecule has 0 unspecified atom stereocenters. The Morgan fingerprint density at radius 2 is 1.95 bits per heavy atom. The molecule has 0 saturated heterocycles. The molecule has 1 aromatic heterocycles. The van der Waals surface area contributed by atoms with Gasteiger partial charge in [0.05, 0.1) is 0 Å². The van der Waals surface area contributed by atoms with Crippen LogP contribution in [0.5, 0.6) is 0 Å². The molecule has 0 atom stereocenters. The standard InChI is InChI=1S/C11H22N4O4SSi/c1-9-13-11(20-5)15(14-9)10(16)12-7-6-8-21(17-2,18-3)19-4/h6-8H2,1-5H3,(H,12,16). The van der Waals surface area contributed by atoms with E-state index in [0.717, 1.165) is 0 Å². The van der Waals surface area contributed by atoms with Crippen LogP contribution >= 0.6 is 11.8 Å². The fourth-order valence-electron chi connectivity index (χ4n) is 1.79. The lowest BCUT2D eigenvalue weighted by Gasteiger charge is -2.24. The van der Waals surface area contributed by atoms with Gasteiger partial charge in [0.25, 0.3) is 0 Å². The number of thioether (sulfide) groups is 1. The van der Waals surface area contributed by atoms with Crippen molar-refractivity contribution in [3.05, 3.63) is 5.82 Å². The summed E-state index contributed by atoms with van der Waals surface area (Å²) in [5.74, 6) is 0.569. The number of aromatic nitrogens is 3. The molecule has 21 heavy (non-hydrogen) atoms. The lowest BCUT2D eigenvalue weighted by molar-refractivity contribution is 0.123. The van der Waals surface area contributed by atoms with Crippen molar-refractivity contribution in [1.82, 2.24) is 20.1 Å². The zero-order valence-electron chi connectivity index (χ0n) is 13.0. The summed E-state index contributed by atoms with van der Waals surface area (Å²) in [4.78, 5) is 16.2. The highest BCUT2D eigenvalue weighted by Crippen LogP contribution is 2.14. The zero-order chi connectivity index (χ0) is 15.9. The van der Waals surface area contributed by atoms with Crippen LogP contribution in [0.1, 0.15) is 12.2 Å². The van der Waals surface area contributed by atoms with Crippen LogP contribution < -0.4 is 5.32 Å². The Balaban J connectivity index is 2.47. The molecule has 0 fully saturated rings. The van der Waals surface area contributed by atoms with Crippen LogP contribution in [-0.4, -0.2) is 63.7 Å². The van der Waals surface area contributed by atoms with E-state index in [1.165, 1.54) is 16.4 Å². The van der Waals surface area contributed by atoms with Gasteiger partial charge in [-0.25, -0.2) is 9.78 Å². The zero-order valence-corrected chi connectivity index (χ0v) is 14.8. The number of hydrogen-bond acceptors (Lipinski definition) is 7. The molecule has 0 aliphatic carbocycles. The Hall–Kier alpha value is -0.943. The number of amides is 1. The number of hydrogen-bond donors (Lipinski definition) is 1. The first kappa shape index (κ1) is 18.1. The molecule has 1 rings (SSSR count). The first-order chi connectivity index (χ1) is 10.0. The third kappa shape index (κ3) is 4.78. The summed E-state index contributed by atoms with van der Waals surface area (Å²) in [6, 6.07) is 0.335. The molecule has 10 heteroatoms. The summed E-state index contributed by atoms with van der Waals surface area (Å²) < 4.78 is 17.2. The highest BCUT2D eigenvalue weighted by atomic mass is 32.2. The predicted molar refractivity (Wildman–Crippen MR) is 81.5 cm³/mol. The Morgan fingerprint density at radius 3 is 2.48 bits per heavy atom. The van der Waals surface area contributed by atoms with Gasteiger partial charge < -0.3 is 18.6 Å². The predicted octanol–water partition coefficient (Wildman–Crippen LogP) is 1.13. The Labute approximate surface area is 129 Å². The fourth-order valence-corrected chi connectivity index (χ4v) is 4.03. The molecule has 0 saturated carbocycles. The van der Waals surface area contributed by atoms with Crippen molar-refractivity contribution >= 4 is 26.6 Å². The maximum Gasteiger partial charge on any atom is 0.500 e. The lowest BCUT2D eigenvalue weighted by Crippen LogP contribution is -2.43. The van der Waals surface area contributed by atoms with Crippen molar-refractivity contribution in [3.8, 4) is 0 Å². The minimum absolute atomic E-state index is 0.292. The van der Waals surface area contributed by atoms with Crippen molar-refractivity contribution in [2.75, 3.05) is 34.1 Å². The average Bonchev–Trinajstić information content (AvgIpc) is 2.89. The highest BCUT2D eigenvalue weighted by Gasteiger charge is 2.36. The van der Waals surface area contributed by atoms with Crippen LogP contribution in [0, 0.1) is 6.92 Å². The first-order valence-corrected chi connectivity index (χ1v) is 9.59. The van der Waals surface area contributed by atoms with E-state index in [1.54, 1.807) is 28.3 Å². The van der Waals surface area contributed by atoms with E-state index in [2.05, 4.69) is 15.4 Å². The summed E-state index contributed by atoms with van der Waals surface area (Å²) in [5, 5.41) is 7.43. The van der Waals surface area contributed by atoms with Gasteiger partial charge in [-0.15, -0.1) is 5.10 Å². The van der Waals surface area contributed by atoms with Crippen molar-refractivity contribution in [1.29, 1.82) is 0 Å². The quantitative estimate of drug-likeness (QED) is 0.433. The molecule has 1 aromatic rings. The summed E-state index contributed by atoms with van der Waals surface area (Å²) in [7, 11) is 2.14. The van der Waals surface area contributed by atoms with Gasteiger partial charge in [0, 0.05) is 33.9 Å². The SMILES string of the molecule is CO[Si](CCCNC(=O)n1nc(C)nc1SC)(OC)OC. The molecule has 0 spiro atoms. The van der Waals surface area contributed by atoms with E-state index in [0.29, 0.717) is 30.0 Å². The number of nitrogens with zero attached hydrogens (tertiary/aromatic N) is 3.